The van der Waals surface area contributed by atoms with E-state index < -0.39 is 0 Å². The number of nitrogens with one attached hydrogen (secondary N) is 1. The van der Waals surface area contributed by atoms with E-state index >= 15 is 0 Å². The molecule has 1 unspecified atom stereocenters. The van der Waals surface area contributed by atoms with E-state index in [4.69, 9.17) is 4.74 Å². The third-order valence-electron chi connectivity index (χ3n) is 3.70. The molecule has 1 spiro atoms. The normalized spacial score (nSPS) is 25.9. The number of amides is 1. The van der Waals surface area contributed by atoms with Crippen molar-refractivity contribution < 1.29 is 9.53 Å². The number of unbranched alkanes of at least 4 members (excludes halogenated alkanes) is 1. The molecule has 0 radical (unpaired) electrons. The van der Waals surface area contributed by atoms with E-state index in [2.05, 4.69) is 19.2 Å². The Morgan fingerprint density at radius 2 is 2.12 bits per heavy atom. The Morgan fingerprint density at radius 3 is 2.71 bits per heavy atom. The third-order valence-corrected chi connectivity index (χ3v) is 3.70. The highest BCUT2D eigenvalue weighted by Crippen LogP contribution is 2.41. The minimum atomic E-state index is -0.164. The zero-order valence-corrected chi connectivity index (χ0v) is 11.0. The van der Waals surface area contributed by atoms with Crippen molar-refractivity contribution in [1.29, 1.82) is 0 Å². The molecular formula is C13H24N2O2. The number of rotatable bonds is 7. The first-order valence-electron chi connectivity index (χ1n) is 6.86. The zero-order chi connectivity index (χ0) is 12.3. The predicted octanol–water partition coefficient (Wildman–Crippen LogP) is 1.50. The van der Waals surface area contributed by atoms with Crippen LogP contribution >= 0.6 is 0 Å². The topological polar surface area (TPSA) is 41.6 Å². The van der Waals surface area contributed by atoms with Gasteiger partial charge in [-0.25, -0.2) is 0 Å². The Kier molecular flexibility index (Phi) is 4.05. The SMILES string of the molecule is CCCCOCCCN1C(=O)C2(CC2)NC1C. The van der Waals surface area contributed by atoms with Crippen molar-refractivity contribution in [2.45, 2.75) is 57.7 Å². The molecule has 1 aliphatic carbocycles. The van der Waals surface area contributed by atoms with E-state index in [0.29, 0.717) is 5.91 Å². The van der Waals surface area contributed by atoms with E-state index in [-0.39, 0.29) is 11.7 Å². The van der Waals surface area contributed by atoms with Gasteiger partial charge in [-0.15, -0.1) is 0 Å². The molecule has 1 amide bonds. The summed E-state index contributed by atoms with van der Waals surface area (Å²) in [6.45, 7) is 6.67. The minimum Gasteiger partial charge on any atom is -0.381 e. The molecule has 1 saturated heterocycles. The van der Waals surface area contributed by atoms with Gasteiger partial charge in [0.05, 0.1) is 11.7 Å². The Hall–Kier alpha value is -0.610. The Labute approximate surface area is 104 Å². The quantitative estimate of drug-likeness (QED) is 0.686. The molecule has 2 fully saturated rings. The Bertz CT molecular complexity index is 277. The molecule has 1 heterocycles. The Morgan fingerprint density at radius 1 is 1.41 bits per heavy atom. The summed E-state index contributed by atoms with van der Waals surface area (Å²) >= 11 is 0. The summed E-state index contributed by atoms with van der Waals surface area (Å²) in [5.74, 6) is 0.304. The molecule has 0 aromatic carbocycles. The minimum absolute atomic E-state index is 0.164. The molecular weight excluding hydrogens is 216 g/mol. The number of carbonyl (C=O) groups is 1. The highest BCUT2D eigenvalue weighted by atomic mass is 16.5. The highest BCUT2D eigenvalue weighted by Gasteiger charge is 2.57. The van der Waals surface area contributed by atoms with Gasteiger partial charge >= 0.3 is 0 Å². The van der Waals surface area contributed by atoms with E-state index in [1.54, 1.807) is 0 Å². The molecule has 17 heavy (non-hydrogen) atoms. The van der Waals surface area contributed by atoms with E-state index in [9.17, 15) is 4.79 Å². The third kappa shape index (κ3) is 2.80. The fourth-order valence-electron chi connectivity index (χ4n) is 2.45. The van der Waals surface area contributed by atoms with Gasteiger partial charge in [-0.1, -0.05) is 13.3 Å². The molecule has 0 aromatic heterocycles. The van der Waals surface area contributed by atoms with Crippen LogP contribution in [-0.4, -0.2) is 42.3 Å². The Balaban J connectivity index is 1.64. The monoisotopic (exact) mass is 240 g/mol. The van der Waals surface area contributed by atoms with Gasteiger partial charge in [-0.3, -0.25) is 10.1 Å². The number of carbonyl (C=O) groups excluding carboxylic acids is 1. The van der Waals surface area contributed by atoms with E-state index in [1.807, 2.05) is 4.90 Å². The molecule has 2 rings (SSSR count). The smallest absolute Gasteiger partial charge is 0.244 e. The van der Waals surface area contributed by atoms with Crippen molar-refractivity contribution in [3.63, 3.8) is 0 Å². The lowest BCUT2D eigenvalue weighted by atomic mass is 10.2. The average molecular weight is 240 g/mol. The maximum Gasteiger partial charge on any atom is 0.244 e. The van der Waals surface area contributed by atoms with Gasteiger partial charge in [0.1, 0.15) is 0 Å². The number of hydrogen-bond acceptors (Lipinski definition) is 3. The molecule has 2 aliphatic rings. The van der Waals surface area contributed by atoms with Crippen LogP contribution in [0.1, 0.15) is 46.0 Å². The lowest BCUT2D eigenvalue weighted by molar-refractivity contribution is -0.130. The van der Waals surface area contributed by atoms with Crippen molar-refractivity contribution in [1.82, 2.24) is 10.2 Å². The van der Waals surface area contributed by atoms with Crippen LogP contribution < -0.4 is 5.32 Å². The molecule has 4 nitrogen and oxygen atoms in total. The average Bonchev–Trinajstić information content (AvgIpc) is 3.03. The van der Waals surface area contributed by atoms with Gasteiger partial charge in [0.15, 0.2) is 0 Å². The first-order valence-corrected chi connectivity index (χ1v) is 6.86. The van der Waals surface area contributed by atoms with Crippen LogP contribution in [0.4, 0.5) is 0 Å². The molecule has 98 valence electrons. The predicted molar refractivity (Wildman–Crippen MR) is 66.6 cm³/mol. The van der Waals surface area contributed by atoms with Crippen molar-refractivity contribution in [3.05, 3.63) is 0 Å². The van der Waals surface area contributed by atoms with Gasteiger partial charge in [0.25, 0.3) is 0 Å². The van der Waals surface area contributed by atoms with Crippen LogP contribution in [0.5, 0.6) is 0 Å². The van der Waals surface area contributed by atoms with Gasteiger partial charge in [-0.2, -0.15) is 0 Å². The molecule has 1 N–H and O–H groups in total. The number of hydrogen-bond donors (Lipinski definition) is 1. The zero-order valence-electron chi connectivity index (χ0n) is 11.0. The molecule has 1 atom stereocenters. The van der Waals surface area contributed by atoms with Crippen LogP contribution in [-0.2, 0) is 9.53 Å². The van der Waals surface area contributed by atoms with Gasteiger partial charge < -0.3 is 9.64 Å². The number of ether oxygens (including phenoxy) is 1. The van der Waals surface area contributed by atoms with E-state index in [1.165, 1.54) is 6.42 Å². The molecule has 4 heteroatoms. The largest absolute Gasteiger partial charge is 0.381 e. The van der Waals surface area contributed by atoms with Crippen LogP contribution in [0.3, 0.4) is 0 Å². The van der Waals surface area contributed by atoms with Crippen molar-refractivity contribution in [3.8, 4) is 0 Å². The van der Waals surface area contributed by atoms with Crippen molar-refractivity contribution in [2.75, 3.05) is 19.8 Å². The second-order valence-electron chi connectivity index (χ2n) is 5.22. The summed E-state index contributed by atoms with van der Waals surface area (Å²) in [5, 5.41) is 3.40. The summed E-state index contributed by atoms with van der Waals surface area (Å²) in [6, 6.07) is 0. The van der Waals surface area contributed by atoms with E-state index in [0.717, 1.165) is 45.4 Å². The lowest BCUT2D eigenvalue weighted by Crippen LogP contribution is -2.35. The maximum atomic E-state index is 12.1. The van der Waals surface area contributed by atoms with Crippen LogP contribution in [0.15, 0.2) is 0 Å². The van der Waals surface area contributed by atoms with Crippen LogP contribution in [0.25, 0.3) is 0 Å². The highest BCUT2D eigenvalue weighted by molar-refractivity contribution is 5.91. The van der Waals surface area contributed by atoms with Crippen LogP contribution in [0, 0.1) is 0 Å². The summed E-state index contributed by atoms with van der Waals surface area (Å²) in [6.07, 6.45) is 5.47. The second kappa shape index (κ2) is 5.36. The standard InChI is InChI=1S/C13H24N2O2/c1-3-4-9-17-10-5-8-15-11(2)14-13(6-7-13)12(15)16/h11,14H,3-10H2,1-2H3. The lowest BCUT2D eigenvalue weighted by Gasteiger charge is -2.20. The van der Waals surface area contributed by atoms with Gasteiger partial charge in [0.2, 0.25) is 5.91 Å². The van der Waals surface area contributed by atoms with Crippen molar-refractivity contribution >= 4 is 5.91 Å². The van der Waals surface area contributed by atoms with Crippen molar-refractivity contribution in [2.24, 2.45) is 0 Å². The van der Waals surface area contributed by atoms with Gasteiger partial charge in [0, 0.05) is 19.8 Å². The summed E-state index contributed by atoms with van der Waals surface area (Å²) in [4.78, 5) is 14.1. The molecule has 0 bridgehead atoms. The summed E-state index contributed by atoms with van der Waals surface area (Å²) in [5.41, 5.74) is -0.164. The fourth-order valence-corrected chi connectivity index (χ4v) is 2.45. The maximum absolute atomic E-state index is 12.1. The summed E-state index contributed by atoms with van der Waals surface area (Å²) in [7, 11) is 0. The van der Waals surface area contributed by atoms with Gasteiger partial charge in [-0.05, 0) is 32.6 Å². The first kappa shape index (κ1) is 12.8. The van der Waals surface area contributed by atoms with Crippen LogP contribution in [0.2, 0.25) is 0 Å². The summed E-state index contributed by atoms with van der Waals surface area (Å²) < 4.78 is 5.51. The number of nitrogens with zero attached hydrogens (tertiary/aromatic N) is 1. The molecule has 1 aliphatic heterocycles. The molecule has 0 aromatic rings. The fraction of sp³-hybridized carbons (Fsp3) is 0.923. The first-order chi connectivity index (χ1) is 8.19. The second-order valence-corrected chi connectivity index (χ2v) is 5.22. The molecule has 1 saturated carbocycles.